The van der Waals surface area contributed by atoms with E-state index >= 15 is 0 Å². The summed E-state index contributed by atoms with van der Waals surface area (Å²) >= 11 is -0.877. The summed E-state index contributed by atoms with van der Waals surface area (Å²) in [7, 11) is 0. The molecule has 0 spiro atoms. The molecule has 148 valence electrons. The Morgan fingerprint density at radius 3 is 2.46 bits per heavy atom. The van der Waals surface area contributed by atoms with Gasteiger partial charge < -0.3 is 0 Å². The molecular formula is C22H25IN2O3. The van der Waals surface area contributed by atoms with Crippen LogP contribution in [-0.4, -0.2) is 19.5 Å². The van der Waals surface area contributed by atoms with Crippen LogP contribution in [-0.2, 0) is 0 Å². The molecule has 0 saturated heterocycles. The van der Waals surface area contributed by atoms with Gasteiger partial charge in [0.15, 0.2) is 0 Å². The Kier molecular flexibility index (Phi) is 6.72. The number of carbonyl (C=O) groups is 2. The van der Waals surface area contributed by atoms with Crippen molar-refractivity contribution in [3.63, 3.8) is 0 Å². The number of nitrogens with zero attached hydrogens (tertiary/aromatic N) is 1. The van der Waals surface area contributed by atoms with E-state index in [4.69, 9.17) is 4.42 Å². The van der Waals surface area contributed by atoms with Crippen LogP contribution in [0.3, 0.4) is 0 Å². The van der Waals surface area contributed by atoms with Gasteiger partial charge in [-0.25, -0.2) is 0 Å². The molecule has 2 aromatic carbocycles. The fourth-order valence-corrected chi connectivity index (χ4v) is 5.67. The third-order valence-corrected chi connectivity index (χ3v) is 7.04. The molecule has 0 fully saturated rings. The molecule has 5 nitrogen and oxygen atoms in total. The maximum atomic E-state index is 13.1. The number of para-hydroxylation sites is 1. The number of halogens is 1. The average molecular weight is 492 g/mol. The number of rotatable bonds is 6. The van der Waals surface area contributed by atoms with E-state index < -0.39 is 27.4 Å². The van der Waals surface area contributed by atoms with Crippen molar-refractivity contribution in [2.75, 3.05) is 4.43 Å². The fraction of sp³-hybridized carbons (Fsp3) is 0.273. The molecule has 0 radical (unpaired) electrons. The number of fused-ring (bicyclic) bond motifs is 1. The first-order valence-corrected chi connectivity index (χ1v) is 12.0. The second-order valence-electron chi connectivity index (χ2n) is 6.75. The Morgan fingerprint density at radius 2 is 1.79 bits per heavy atom. The van der Waals surface area contributed by atoms with Gasteiger partial charge >= 0.3 is 176 Å². The number of alkyl halides is 1. The number of unbranched alkanes of at least 4 members (excludes halogenated alkanes) is 1. The Bertz CT molecular complexity index is 943. The molecule has 0 aliphatic heterocycles. The molecule has 1 N–H and O–H groups in total. The zero-order chi connectivity index (χ0) is 20.1. The Hall–Kier alpha value is -2.35. The van der Waals surface area contributed by atoms with Crippen molar-refractivity contribution in [1.29, 1.82) is 0 Å². The topological polar surface area (TPSA) is 62.6 Å². The summed E-state index contributed by atoms with van der Waals surface area (Å²) in [5, 5.41) is 0.863. The molecule has 6 heteroatoms. The molecule has 0 bridgehead atoms. The van der Waals surface area contributed by atoms with Gasteiger partial charge in [0.25, 0.3) is 0 Å². The predicted octanol–water partition coefficient (Wildman–Crippen LogP) is 5.25. The van der Waals surface area contributed by atoms with Crippen molar-refractivity contribution in [3.8, 4) is 0 Å². The first kappa shape index (κ1) is 20.4. The normalized spacial score (nSPS) is 11.0. The van der Waals surface area contributed by atoms with Crippen LogP contribution in [0.15, 0.2) is 52.9 Å². The standard InChI is InChI=1S/C22H25IN2O3/c1-4-5-10-23-25(22(27)18-12-15(2)11-16(3)13-18)24-21(26)20-14-17-8-6-7-9-19(17)28-20/h6-9,11-14,23H,4-5,10H2,1-3H3,(H,24,26). The molecule has 0 unspecified atom stereocenters. The molecule has 1 aromatic heterocycles. The van der Waals surface area contributed by atoms with Crippen LogP contribution >= 0.6 is 21.5 Å². The van der Waals surface area contributed by atoms with E-state index in [2.05, 4.69) is 12.3 Å². The Balaban J connectivity index is 1.82. The van der Waals surface area contributed by atoms with Crippen LogP contribution in [0.2, 0.25) is 0 Å². The van der Waals surface area contributed by atoms with E-state index in [0.717, 1.165) is 33.8 Å². The first-order valence-electron chi connectivity index (χ1n) is 9.33. The van der Waals surface area contributed by atoms with Gasteiger partial charge in [0.1, 0.15) is 0 Å². The minimum absolute atomic E-state index is 0.158. The molecule has 0 aliphatic carbocycles. The van der Waals surface area contributed by atoms with E-state index in [1.807, 2.05) is 56.3 Å². The third kappa shape index (κ3) is 4.92. The quantitative estimate of drug-likeness (QED) is 0.168. The number of amides is 2. The number of hydrogen-bond donors (Lipinski definition) is 1. The molecule has 3 rings (SSSR count). The van der Waals surface area contributed by atoms with Gasteiger partial charge in [-0.1, -0.05) is 0 Å². The van der Waals surface area contributed by atoms with Crippen molar-refractivity contribution in [3.05, 3.63) is 71.0 Å². The van der Waals surface area contributed by atoms with E-state index in [1.54, 1.807) is 6.07 Å². The number of hydrogen-bond acceptors (Lipinski definition) is 3. The van der Waals surface area contributed by atoms with E-state index in [0.29, 0.717) is 11.1 Å². The van der Waals surface area contributed by atoms with Crippen LogP contribution in [0.25, 0.3) is 11.0 Å². The summed E-state index contributed by atoms with van der Waals surface area (Å²) < 4.78 is 8.12. The average Bonchev–Trinajstić information content (AvgIpc) is 3.10. The molecule has 0 atom stereocenters. The summed E-state index contributed by atoms with van der Waals surface area (Å²) in [4.78, 5) is 25.8. The number of nitrogens with one attached hydrogen (secondary N) is 1. The van der Waals surface area contributed by atoms with E-state index in [-0.39, 0.29) is 11.7 Å². The monoisotopic (exact) mass is 492 g/mol. The molecule has 0 saturated carbocycles. The van der Waals surface area contributed by atoms with Gasteiger partial charge in [0.05, 0.1) is 0 Å². The molecular weight excluding hydrogens is 467 g/mol. The number of aryl methyl sites for hydroxylation is 2. The summed E-state index contributed by atoms with van der Waals surface area (Å²) in [5.41, 5.74) is 6.11. The van der Waals surface area contributed by atoms with Crippen LogP contribution < -0.4 is 5.43 Å². The second-order valence-corrected chi connectivity index (χ2v) is 9.70. The van der Waals surface area contributed by atoms with Gasteiger partial charge in [0, 0.05) is 0 Å². The van der Waals surface area contributed by atoms with Crippen LogP contribution in [0.5, 0.6) is 0 Å². The number of carbonyl (C=O) groups excluding carboxylic acids is 2. The van der Waals surface area contributed by atoms with Gasteiger partial charge in [-0.3, -0.25) is 0 Å². The van der Waals surface area contributed by atoms with Crippen LogP contribution in [0.4, 0.5) is 0 Å². The fourth-order valence-electron chi connectivity index (χ4n) is 2.90. The van der Waals surface area contributed by atoms with Crippen LogP contribution in [0, 0.1) is 13.8 Å². The maximum absolute atomic E-state index is 13.1. The summed E-state index contributed by atoms with van der Waals surface area (Å²) in [6.45, 7) is 6.06. The SMILES string of the molecule is CCCC[IH]N(NC(=O)c1cc2ccccc2o1)C(=O)c1cc(C)cc(C)c1. The predicted molar refractivity (Wildman–Crippen MR) is 121 cm³/mol. The summed E-state index contributed by atoms with van der Waals surface area (Å²) in [6, 6.07) is 14.9. The molecule has 2 amide bonds. The zero-order valence-corrected chi connectivity index (χ0v) is 18.7. The van der Waals surface area contributed by atoms with Crippen molar-refractivity contribution in [1.82, 2.24) is 8.65 Å². The zero-order valence-electron chi connectivity index (χ0n) is 16.3. The van der Waals surface area contributed by atoms with Gasteiger partial charge in [-0.15, -0.1) is 0 Å². The number of benzene rings is 2. The minimum atomic E-state index is -0.877. The third-order valence-electron chi connectivity index (χ3n) is 4.22. The van der Waals surface area contributed by atoms with Gasteiger partial charge in [-0.05, 0) is 0 Å². The first-order chi connectivity index (χ1) is 13.5. The molecule has 1 heterocycles. The van der Waals surface area contributed by atoms with E-state index in [1.165, 1.54) is 3.22 Å². The van der Waals surface area contributed by atoms with E-state index in [9.17, 15) is 9.59 Å². The number of furan rings is 1. The van der Waals surface area contributed by atoms with Crippen molar-refractivity contribution in [2.45, 2.75) is 33.6 Å². The summed E-state index contributed by atoms with van der Waals surface area (Å²) in [6.07, 6.45) is 2.10. The summed E-state index contributed by atoms with van der Waals surface area (Å²) in [5.74, 6) is -0.340. The van der Waals surface area contributed by atoms with Crippen molar-refractivity contribution in [2.24, 2.45) is 0 Å². The Morgan fingerprint density at radius 1 is 1.07 bits per heavy atom. The second kappa shape index (κ2) is 9.23. The van der Waals surface area contributed by atoms with Crippen molar-refractivity contribution < 1.29 is 14.0 Å². The van der Waals surface area contributed by atoms with Crippen molar-refractivity contribution >= 4 is 44.3 Å². The van der Waals surface area contributed by atoms with Crippen LogP contribution in [0.1, 0.15) is 51.8 Å². The molecule has 0 aliphatic rings. The van der Waals surface area contributed by atoms with Gasteiger partial charge in [-0.2, -0.15) is 0 Å². The Labute approximate surface area is 175 Å². The molecule has 3 aromatic rings. The number of hydrazine groups is 1. The molecule has 28 heavy (non-hydrogen) atoms. The van der Waals surface area contributed by atoms with Gasteiger partial charge in [0.2, 0.25) is 0 Å².